The van der Waals surface area contributed by atoms with E-state index >= 15 is 0 Å². The molecular weight excluding hydrogens is 781 g/mol. The van der Waals surface area contributed by atoms with Crippen LogP contribution in [0.25, 0.3) is 0 Å². The van der Waals surface area contributed by atoms with Gasteiger partial charge in [0, 0.05) is 19.3 Å². The second-order valence-corrected chi connectivity index (χ2v) is 16.5. The summed E-state index contributed by atoms with van der Waals surface area (Å²) < 4.78 is 16.7. The highest BCUT2D eigenvalue weighted by Crippen LogP contribution is 2.15. The van der Waals surface area contributed by atoms with Gasteiger partial charge in [-0.2, -0.15) is 0 Å². The van der Waals surface area contributed by atoms with E-state index in [0.29, 0.717) is 19.3 Å². The number of allylic oxidation sites excluding steroid dienone is 18. The maximum absolute atomic E-state index is 12.8. The Morgan fingerprint density at radius 2 is 0.698 bits per heavy atom. The Morgan fingerprint density at radius 1 is 0.349 bits per heavy atom. The van der Waals surface area contributed by atoms with Gasteiger partial charge in [0.05, 0.1) is 0 Å². The normalized spacial score (nSPS) is 13.0. The Morgan fingerprint density at radius 3 is 1.16 bits per heavy atom. The first-order valence-electron chi connectivity index (χ1n) is 25.5. The second kappa shape index (κ2) is 50.7. The molecule has 0 saturated heterocycles. The molecule has 0 bridgehead atoms. The van der Waals surface area contributed by atoms with Crippen LogP contribution in [-0.4, -0.2) is 37.2 Å². The fourth-order valence-electron chi connectivity index (χ4n) is 6.58. The average molecular weight is 873 g/mol. The highest BCUT2D eigenvalue weighted by atomic mass is 16.6. The highest BCUT2D eigenvalue weighted by molar-refractivity contribution is 5.71. The molecule has 0 saturated carbocycles. The van der Waals surface area contributed by atoms with Crippen LogP contribution in [0.5, 0.6) is 0 Å². The molecule has 0 rings (SSSR count). The highest BCUT2D eigenvalue weighted by Gasteiger charge is 2.19. The van der Waals surface area contributed by atoms with E-state index in [9.17, 15) is 14.4 Å². The van der Waals surface area contributed by atoms with Gasteiger partial charge in [0.15, 0.2) is 6.10 Å². The van der Waals surface area contributed by atoms with E-state index in [1.54, 1.807) is 0 Å². The van der Waals surface area contributed by atoms with Crippen molar-refractivity contribution in [3.8, 4) is 0 Å². The van der Waals surface area contributed by atoms with E-state index in [-0.39, 0.29) is 44.0 Å². The van der Waals surface area contributed by atoms with Crippen molar-refractivity contribution in [3.05, 3.63) is 109 Å². The topological polar surface area (TPSA) is 78.9 Å². The van der Waals surface area contributed by atoms with Crippen molar-refractivity contribution in [2.24, 2.45) is 0 Å². The molecule has 0 N–H and O–H groups in total. The molecule has 0 spiro atoms. The predicted octanol–water partition coefficient (Wildman–Crippen LogP) is 16.8. The summed E-state index contributed by atoms with van der Waals surface area (Å²) >= 11 is 0. The predicted molar refractivity (Wildman–Crippen MR) is 270 cm³/mol. The number of esters is 3. The largest absolute Gasteiger partial charge is 0.462 e. The molecule has 0 aromatic rings. The molecule has 0 aliphatic heterocycles. The lowest BCUT2D eigenvalue weighted by Gasteiger charge is -2.18. The zero-order valence-electron chi connectivity index (χ0n) is 40.5. The molecule has 63 heavy (non-hydrogen) atoms. The summed E-state index contributed by atoms with van der Waals surface area (Å²) in [7, 11) is 0. The van der Waals surface area contributed by atoms with Crippen LogP contribution < -0.4 is 0 Å². The van der Waals surface area contributed by atoms with Crippen LogP contribution in [0.1, 0.15) is 213 Å². The minimum Gasteiger partial charge on any atom is -0.462 e. The quantitative estimate of drug-likeness (QED) is 0.0199. The number of hydrogen-bond donors (Lipinski definition) is 0. The second-order valence-electron chi connectivity index (χ2n) is 16.5. The zero-order chi connectivity index (χ0) is 45.8. The van der Waals surface area contributed by atoms with Gasteiger partial charge in [-0.3, -0.25) is 14.4 Å². The molecular formula is C57H92O6. The van der Waals surface area contributed by atoms with Crippen LogP contribution in [-0.2, 0) is 28.6 Å². The van der Waals surface area contributed by atoms with Crippen molar-refractivity contribution in [2.75, 3.05) is 13.2 Å². The third-order valence-corrected chi connectivity index (χ3v) is 10.4. The molecule has 0 aromatic carbocycles. The summed E-state index contributed by atoms with van der Waals surface area (Å²) in [6.45, 7) is 6.34. The Labute approximate surface area is 387 Å². The summed E-state index contributed by atoms with van der Waals surface area (Å²) in [6, 6.07) is 0. The van der Waals surface area contributed by atoms with E-state index in [0.717, 1.165) is 57.8 Å². The lowest BCUT2D eigenvalue weighted by atomic mass is 10.0. The van der Waals surface area contributed by atoms with E-state index in [1.165, 1.54) is 103 Å². The average Bonchev–Trinajstić information content (AvgIpc) is 3.28. The van der Waals surface area contributed by atoms with Crippen molar-refractivity contribution in [1.82, 2.24) is 0 Å². The monoisotopic (exact) mass is 873 g/mol. The third-order valence-electron chi connectivity index (χ3n) is 10.4. The van der Waals surface area contributed by atoms with Crippen molar-refractivity contribution in [3.63, 3.8) is 0 Å². The van der Waals surface area contributed by atoms with Crippen LogP contribution in [0, 0.1) is 0 Å². The summed E-state index contributed by atoms with van der Waals surface area (Å²) in [5.41, 5.74) is 0. The van der Waals surface area contributed by atoms with Gasteiger partial charge in [-0.25, -0.2) is 0 Å². The zero-order valence-corrected chi connectivity index (χ0v) is 40.5. The van der Waals surface area contributed by atoms with Crippen LogP contribution in [0.15, 0.2) is 109 Å². The van der Waals surface area contributed by atoms with Gasteiger partial charge in [-0.1, -0.05) is 233 Å². The maximum atomic E-state index is 12.8. The Balaban J connectivity index is 4.57. The third kappa shape index (κ3) is 49.0. The maximum Gasteiger partial charge on any atom is 0.306 e. The number of ether oxygens (including phenoxy) is 3. The minimum atomic E-state index is -0.828. The Bertz CT molecular complexity index is 1330. The fraction of sp³-hybridized carbons (Fsp3) is 0.632. The van der Waals surface area contributed by atoms with Crippen molar-refractivity contribution in [1.29, 1.82) is 0 Å². The fourth-order valence-corrected chi connectivity index (χ4v) is 6.58. The van der Waals surface area contributed by atoms with Crippen LogP contribution in [0.3, 0.4) is 0 Å². The number of carbonyl (C=O) groups excluding carboxylic acids is 3. The molecule has 0 radical (unpaired) electrons. The smallest absolute Gasteiger partial charge is 0.306 e. The number of carbonyl (C=O) groups is 3. The molecule has 6 heteroatoms. The molecule has 6 nitrogen and oxygen atoms in total. The van der Waals surface area contributed by atoms with Crippen LogP contribution in [0.2, 0.25) is 0 Å². The molecule has 356 valence electrons. The molecule has 1 unspecified atom stereocenters. The van der Waals surface area contributed by atoms with Crippen molar-refractivity contribution >= 4 is 17.9 Å². The summed E-state index contributed by atoms with van der Waals surface area (Å²) in [5, 5.41) is 0. The Kier molecular flexibility index (Phi) is 47.5. The van der Waals surface area contributed by atoms with Crippen molar-refractivity contribution < 1.29 is 28.6 Å². The minimum absolute atomic E-state index is 0.129. The molecule has 0 fully saturated rings. The van der Waals surface area contributed by atoms with Gasteiger partial charge < -0.3 is 14.2 Å². The number of unbranched alkanes of at least 4 members (excludes halogenated alkanes) is 19. The number of hydrogen-bond acceptors (Lipinski definition) is 6. The standard InChI is InChI=1S/C57H92O6/c1-4-7-10-13-16-19-22-25-27-28-30-32-35-38-41-44-47-50-56(59)62-53-54(52-61-55(58)49-46-43-40-37-34-31-24-21-18-15-12-9-6-3)63-57(60)51-48-45-42-39-36-33-29-26-23-20-17-14-11-8-5-2/h9,12,15-16,18-19,21,24-25,27,30-32,34,37-38,40-41,54H,4-8,10-11,13-14,17,20,22-23,26,28-29,33,35-36,39,42-53H2,1-3H3/b12-9+,18-15+,19-16+,24-21+,27-25+,32-30+,34-31+,40-37+,41-38+. The summed E-state index contributed by atoms with van der Waals surface area (Å²) in [5.74, 6) is -1.06. The first kappa shape index (κ1) is 59.1. The number of rotatable bonds is 44. The Hall–Kier alpha value is -3.93. The summed E-state index contributed by atoms with van der Waals surface area (Å²) in [4.78, 5) is 37.9. The first-order chi connectivity index (χ1) is 31.0. The van der Waals surface area contributed by atoms with Crippen LogP contribution in [0.4, 0.5) is 0 Å². The van der Waals surface area contributed by atoms with Gasteiger partial charge in [-0.15, -0.1) is 0 Å². The molecule has 0 amide bonds. The summed E-state index contributed by atoms with van der Waals surface area (Å²) in [6.07, 6.45) is 68.0. The lowest BCUT2D eigenvalue weighted by Crippen LogP contribution is -2.30. The van der Waals surface area contributed by atoms with Gasteiger partial charge >= 0.3 is 17.9 Å². The van der Waals surface area contributed by atoms with Gasteiger partial charge in [-0.05, 0) is 70.6 Å². The van der Waals surface area contributed by atoms with Crippen LogP contribution >= 0.6 is 0 Å². The lowest BCUT2D eigenvalue weighted by molar-refractivity contribution is -0.167. The van der Waals surface area contributed by atoms with Crippen molar-refractivity contribution in [2.45, 2.75) is 219 Å². The van der Waals surface area contributed by atoms with E-state index in [4.69, 9.17) is 14.2 Å². The molecule has 1 atom stereocenters. The van der Waals surface area contributed by atoms with Gasteiger partial charge in [0.2, 0.25) is 0 Å². The van der Waals surface area contributed by atoms with Gasteiger partial charge in [0.1, 0.15) is 13.2 Å². The van der Waals surface area contributed by atoms with E-state index in [1.807, 2.05) is 54.7 Å². The molecule has 0 heterocycles. The molecule has 0 aromatic heterocycles. The van der Waals surface area contributed by atoms with Gasteiger partial charge in [0.25, 0.3) is 0 Å². The first-order valence-corrected chi connectivity index (χ1v) is 25.5. The SMILES string of the molecule is CC/C=C/C=C/C=C/C=C/C=C/CCCC(=O)OCC(COC(=O)CCC/C=C/C/C=C/C/C=C/C/C=C/CCCCC)OC(=O)CCCCCCCCCCCCCCCCC. The van der Waals surface area contributed by atoms with E-state index in [2.05, 4.69) is 75.5 Å². The molecule has 0 aliphatic rings. The molecule has 0 aliphatic carbocycles. The van der Waals surface area contributed by atoms with E-state index < -0.39 is 6.10 Å².